The largest absolute Gasteiger partial charge is 0.459 e. The lowest BCUT2D eigenvalue weighted by atomic mass is 10.2. The highest BCUT2D eigenvalue weighted by Crippen LogP contribution is 2.17. The van der Waals surface area contributed by atoms with Crippen molar-refractivity contribution in [1.82, 2.24) is 16.0 Å². The standard InChI is InChI=1S/C37H47N3O6S2/c1-25-12-16-29(17-13-25)21-47-23-31(40-36(44)46-37(4,5)6)34(42)38-27(3)33(41)39-32(24-48-22-30-18-14-26(2)15-19-30)35(43)45-20-28-10-8-7-9-11-28/h7-19,27,31-32H,20-24H2,1-6H3,(H,38,42)(H,39,41)(H,40,44)/t27-,31-,32-/m0/s1. The van der Waals surface area contributed by atoms with E-state index in [9.17, 15) is 19.2 Å². The maximum Gasteiger partial charge on any atom is 0.408 e. The number of carbonyl (C=O) groups excluding carboxylic acids is 4. The van der Waals surface area contributed by atoms with E-state index in [-0.39, 0.29) is 18.1 Å². The van der Waals surface area contributed by atoms with Crippen molar-refractivity contribution in [3.63, 3.8) is 0 Å². The smallest absolute Gasteiger partial charge is 0.408 e. The van der Waals surface area contributed by atoms with Crippen molar-refractivity contribution in [3.8, 4) is 0 Å². The molecule has 3 rings (SSSR count). The van der Waals surface area contributed by atoms with Crippen LogP contribution in [0.15, 0.2) is 78.9 Å². The van der Waals surface area contributed by atoms with Crippen LogP contribution in [-0.2, 0) is 42.0 Å². The molecule has 0 aliphatic carbocycles. The summed E-state index contributed by atoms with van der Waals surface area (Å²) in [5.74, 6) is 0.121. The van der Waals surface area contributed by atoms with Crippen LogP contribution in [0, 0.1) is 13.8 Å². The number of benzene rings is 3. The van der Waals surface area contributed by atoms with Gasteiger partial charge in [-0.2, -0.15) is 23.5 Å². The summed E-state index contributed by atoms with van der Waals surface area (Å²) < 4.78 is 10.9. The molecule has 9 nitrogen and oxygen atoms in total. The van der Waals surface area contributed by atoms with E-state index in [2.05, 4.69) is 16.0 Å². The molecular formula is C37H47N3O6S2. The molecule has 48 heavy (non-hydrogen) atoms. The zero-order valence-electron chi connectivity index (χ0n) is 28.5. The Hall–Kier alpha value is -3.96. The van der Waals surface area contributed by atoms with Gasteiger partial charge in [0.15, 0.2) is 0 Å². The van der Waals surface area contributed by atoms with Gasteiger partial charge < -0.3 is 25.4 Å². The minimum absolute atomic E-state index is 0.0687. The number of hydrogen-bond donors (Lipinski definition) is 3. The monoisotopic (exact) mass is 693 g/mol. The molecule has 0 aliphatic heterocycles. The molecule has 3 aromatic rings. The topological polar surface area (TPSA) is 123 Å². The van der Waals surface area contributed by atoms with Crippen molar-refractivity contribution >= 4 is 47.4 Å². The van der Waals surface area contributed by atoms with Gasteiger partial charge in [0.1, 0.15) is 30.3 Å². The Labute approximate surface area is 292 Å². The van der Waals surface area contributed by atoms with Gasteiger partial charge in [0, 0.05) is 23.0 Å². The molecule has 0 saturated heterocycles. The van der Waals surface area contributed by atoms with E-state index in [0.29, 0.717) is 11.5 Å². The summed E-state index contributed by atoms with van der Waals surface area (Å²) in [4.78, 5) is 52.5. The van der Waals surface area contributed by atoms with Crippen LogP contribution in [0.3, 0.4) is 0 Å². The molecule has 258 valence electrons. The minimum atomic E-state index is -1.01. The van der Waals surface area contributed by atoms with Crippen LogP contribution >= 0.6 is 23.5 Å². The molecule has 0 radical (unpaired) electrons. The van der Waals surface area contributed by atoms with Gasteiger partial charge in [-0.15, -0.1) is 0 Å². The van der Waals surface area contributed by atoms with Gasteiger partial charge in [0.25, 0.3) is 0 Å². The Morgan fingerprint density at radius 2 is 1.19 bits per heavy atom. The summed E-state index contributed by atoms with van der Waals surface area (Å²) >= 11 is 2.97. The highest BCUT2D eigenvalue weighted by molar-refractivity contribution is 7.98. The van der Waals surface area contributed by atoms with Crippen molar-refractivity contribution in [2.24, 2.45) is 0 Å². The summed E-state index contributed by atoms with van der Waals surface area (Å²) in [6.45, 7) is 10.8. The summed E-state index contributed by atoms with van der Waals surface area (Å²) in [6, 6.07) is 22.6. The van der Waals surface area contributed by atoms with Crippen LogP contribution in [0.2, 0.25) is 0 Å². The number of aryl methyl sites for hydroxylation is 2. The number of alkyl carbamates (subject to hydrolysis) is 1. The number of rotatable bonds is 16. The van der Waals surface area contributed by atoms with Gasteiger partial charge >= 0.3 is 12.1 Å². The zero-order chi connectivity index (χ0) is 35.1. The van der Waals surface area contributed by atoms with E-state index < -0.39 is 47.6 Å². The number of hydrogen-bond acceptors (Lipinski definition) is 8. The van der Waals surface area contributed by atoms with Crippen LogP contribution in [0.1, 0.15) is 55.5 Å². The van der Waals surface area contributed by atoms with Crippen LogP contribution in [0.5, 0.6) is 0 Å². The summed E-state index contributed by atoms with van der Waals surface area (Å²) in [5.41, 5.74) is 4.55. The maximum atomic E-state index is 13.4. The first-order valence-electron chi connectivity index (χ1n) is 15.9. The molecule has 3 amide bonds. The predicted octanol–water partition coefficient (Wildman–Crippen LogP) is 6.10. The normalized spacial score (nSPS) is 13.0. The van der Waals surface area contributed by atoms with Gasteiger partial charge in [-0.3, -0.25) is 9.59 Å². The third kappa shape index (κ3) is 14.4. The van der Waals surface area contributed by atoms with Crippen LogP contribution in [-0.4, -0.2) is 59.1 Å². The lowest BCUT2D eigenvalue weighted by molar-refractivity contribution is -0.148. The molecule has 3 aromatic carbocycles. The predicted molar refractivity (Wildman–Crippen MR) is 194 cm³/mol. The Bertz CT molecular complexity index is 1480. The van der Waals surface area contributed by atoms with Crippen LogP contribution in [0.4, 0.5) is 4.79 Å². The Kier molecular flexibility index (Phi) is 15.3. The van der Waals surface area contributed by atoms with E-state index in [4.69, 9.17) is 9.47 Å². The highest BCUT2D eigenvalue weighted by atomic mass is 32.2. The minimum Gasteiger partial charge on any atom is -0.459 e. The third-order valence-corrected chi connectivity index (χ3v) is 9.15. The molecule has 0 bridgehead atoms. The Balaban J connectivity index is 1.64. The van der Waals surface area contributed by atoms with Crippen LogP contribution in [0.25, 0.3) is 0 Å². The molecule has 0 unspecified atom stereocenters. The molecule has 0 spiro atoms. The van der Waals surface area contributed by atoms with Crippen molar-refractivity contribution in [2.45, 2.75) is 83.4 Å². The van der Waals surface area contributed by atoms with Gasteiger partial charge in [-0.05, 0) is 58.2 Å². The molecule has 0 fully saturated rings. The third-order valence-electron chi connectivity index (χ3n) is 6.93. The summed E-state index contributed by atoms with van der Waals surface area (Å²) in [6.07, 6.45) is -0.734. The number of ether oxygens (including phenoxy) is 2. The maximum absolute atomic E-state index is 13.4. The molecule has 3 N–H and O–H groups in total. The van der Waals surface area contributed by atoms with E-state index in [0.717, 1.165) is 27.8 Å². The first kappa shape index (κ1) is 38.5. The molecule has 0 saturated carbocycles. The summed E-state index contributed by atoms with van der Waals surface area (Å²) in [7, 11) is 0. The van der Waals surface area contributed by atoms with E-state index in [1.165, 1.54) is 30.4 Å². The lowest BCUT2D eigenvalue weighted by Gasteiger charge is -2.25. The first-order chi connectivity index (χ1) is 22.8. The van der Waals surface area contributed by atoms with Gasteiger partial charge in [0.2, 0.25) is 11.8 Å². The van der Waals surface area contributed by atoms with Crippen molar-refractivity contribution in [3.05, 3.63) is 107 Å². The van der Waals surface area contributed by atoms with Crippen molar-refractivity contribution < 1.29 is 28.7 Å². The Morgan fingerprint density at radius 1 is 0.667 bits per heavy atom. The first-order valence-corrected chi connectivity index (χ1v) is 18.2. The second-order valence-corrected chi connectivity index (χ2v) is 14.6. The molecular weight excluding hydrogens is 647 g/mol. The van der Waals surface area contributed by atoms with Gasteiger partial charge in [-0.1, -0.05) is 90.0 Å². The fourth-order valence-corrected chi connectivity index (χ4v) is 6.28. The van der Waals surface area contributed by atoms with Crippen molar-refractivity contribution in [1.29, 1.82) is 0 Å². The quantitative estimate of drug-likeness (QED) is 0.154. The average Bonchev–Trinajstić information content (AvgIpc) is 3.04. The second kappa shape index (κ2) is 19.1. The fourth-order valence-electron chi connectivity index (χ4n) is 4.26. The molecule has 11 heteroatoms. The lowest BCUT2D eigenvalue weighted by Crippen LogP contribution is -2.56. The highest BCUT2D eigenvalue weighted by Gasteiger charge is 2.29. The van der Waals surface area contributed by atoms with Gasteiger partial charge in [0.05, 0.1) is 0 Å². The number of thioether (sulfide) groups is 2. The Morgan fingerprint density at radius 3 is 1.71 bits per heavy atom. The molecule has 0 heterocycles. The molecule has 0 aliphatic rings. The van der Waals surface area contributed by atoms with Crippen molar-refractivity contribution in [2.75, 3.05) is 11.5 Å². The van der Waals surface area contributed by atoms with E-state index >= 15 is 0 Å². The fraction of sp³-hybridized carbons (Fsp3) is 0.405. The van der Waals surface area contributed by atoms with E-state index in [1.807, 2.05) is 92.7 Å². The van der Waals surface area contributed by atoms with Crippen LogP contribution < -0.4 is 16.0 Å². The SMILES string of the molecule is Cc1ccc(CSC[C@H](NC(=O)OC(C)(C)C)C(=O)N[C@@H](C)C(=O)N[C@@H](CSCc2ccc(C)cc2)C(=O)OCc2ccccc2)cc1. The molecule has 0 aromatic heterocycles. The number of carbonyl (C=O) groups is 4. The summed E-state index contributed by atoms with van der Waals surface area (Å²) in [5, 5.41) is 8.12. The van der Waals surface area contributed by atoms with E-state index in [1.54, 1.807) is 20.8 Å². The number of nitrogens with one attached hydrogen (secondary N) is 3. The number of amides is 3. The zero-order valence-corrected chi connectivity index (χ0v) is 30.2. The average molecular weight is 694 g/mol. The molecule has 3 atom stereocenters. The number of esters is 1. The second-order valence-electron chi connectivity index (χ2n) is 12.6. The van der Waals surface area contributed by atoms with Gasteiger partial charge in [-0.25, -0.2) is 9.59 Å².